The van der Waals surface area contributed by atoms with Gasteiger partial charge in [-0.3, -0.25) is 9.58 Å². The van der Waals surface area contributed by atoms with E-state index >= 15 is 0 Å². The molecule has 1 aromatic carbocycles. The van der Waals surface area contributed by atoms with E-state index in [0.29, 0.717) is 12.0 Å². The van der Waals surface area contributed by atoms with Gasteiger partial charge in [0.1, 0.15) is 0 Å². The lowest BCUT2D eigenvalue weighted by molar-refractivity contribution is 0.208. The molecule has 1 fully saturated rings. The predicted octanol–water partition coefficient (Wildman–Crippen LogP) is 3.62. The van der Waals surface area contributed by atoms with Crippen LogP contribution in [0.5, 0.6) is 0 Å². The van der Waals surface area contributed by atoms with Crippen molar-refractivity contribution in [2.75, 3.05) is 18.4 Å². The highest BCUT2D eigenvalue weighted by atomic mass is 15.2. The molecule has 0 saturated carbocycles. The molecule has 1 saturated heterocycles. The first-order valence-electron chi connectivity index (χ1n) is 8.66. The molecule has 0 radical (unpaired) electrons. The average molecular weight is 312 g/mol. The van der Waals surface area contributed by atoms with Crippen LogP contribution >= 0.6 is 0 Å². The summed E-state index contributed by atoms with van der Waals surface area (Å²) >= 11 is 0. The van der Waals surface area contributed by atoms with Crippen molar-refractivity contribution in [3.05, 3.63) is 47.8 Å². The van der Waals surface area contributed by atoms with E-state index in [4.69, 9.17) is 0 Å². The summed E-state index contributed by atoms with van der Waals surface area (Å²) in [5.74, 6) is 0.591. The summed E-state index contributed by atoms with van der Waals surface area (Å²) < 4.78 is 1.88. The number of hydrogen-bond donors (Lipinski definition) is 1. The third kappa shape index (κ3) is 4.35. The van der Waals surface area contributed by atoms with Crippen LogP contribution in [0.15, 0.2) is 36.7 Å². The van der Waals surface area contributed by atoms with Crippen LogP contribution in [0.2, 0.25) is 0 Å². The Labute approximate surface area is 139 Å². The zero-order valence-electron chi connectivity index (χ0n) is 14.5. The van der Waals surface area contributed by atoms with Crippen molar-refractivity contribution in [3.8, 4) is 0 Å². The standard InChI is InChI=1S/C19H28N4/c1-15(2)17-6-8-18(9-7-17)21-19-5-4-10-23(14-19)13-16-11-20-22(3)12-16/h6-9,11-12,15,19,21H,4-5,10,13-14H2,1-3H3. The molecule has 4 nitrogen and oxygen atoms in total. The van der Waals surface area contributed by atoms with Gasteiger partial charge in [0.05, 0.1) is 6.20 Å². The Bertz CT molecular complexity index is 615. The summed E-state index contributed by atoms with van der Waals surface area (Å²) in [7, 11) is 1.98. The second-order valence-electron chi connectivity index (χ2n) is 7.02. The summed E-state index contributed by atoms with van der Waals surface area (Å²) in [6, 6.07) is 9.45. The number of anilines is 1. The van der Waals surface area contributed by atoms with E-state index in [9.17, 15) is 0 Å². The molecule has 0 amide bonds. The van der Waals surface area contributed by atoms with Gasteiger partial charge in [-0.1, -0.05) is 26.0 Å². The van der Waals surface area contributed by atoms with Gasteiger partial charge in [0.25, 0.3) is 0 Å². The van der Waals surface area contributed by atoms with Crippen LogP contribution in [-0.4, -0.2) is 33.8 Å². The predicted molar refractivity (Wildman–Crippen MR) is 95.7 cm³/mol. The molecule has 23 heavy (non-hydrogen) atoms. The summed E-state index contributed by atoms with van der Waals surface area (Å²) in [4.78, 5) is 2.53. The molecule has 2 heterocycles. The normalized spacial score (nSPS) is 19.2. The van der Waals surface area contributed by atoms with Crippen LogP contribution in [0.25, 0.3) is 0 Å². The number of nitrogens with one attached hydrogen (secondary N) is 1. The zero-order valence-corrected chi connectivity index (χ0v) is 14.5. The molecule has 1 aromatic heterocycles. The van der Waals surface area contributed by atoms with Crippen LogP contribution in [-0.2, 0) is 13.6 Å². The lowest BCUT2D eigenvalue weighted by atomic mass is 10.0. The van der Waals surface area contributed by atoms with Crippen LogP contribution in [0.4, 0.5) is 5.69 Å². The van der Waals surface area contributed by atoms with E-state index in [2.05, 4.69) is 59.6 Å². The molecule has 2 aromatic rings. The number of aromatic nitrogens is 2. The molecule has 1 unspecified atom stereocenters. The van der Waals surface area contributed by atoms with E-state index in [1.54, 1.807) is 0 Å². The van der Waals surface area contributed by atoms with Crippen LogP contribution < -0.4 is 5.32 Å². The highest BCUT2D eigenvalue weighted by Crippen LogP contribution is 2.20. The quantitative estimate of drug-likeness (QED) is 0.915. The van der Waals surface area contributed by atoms with Gasteiger partial charge in [0, 0.05) is 43.6 Å². The van der Waals surface area contributed by atoms with E-state index in [0.717, 1.165) is 13.1 Å². The average Bonchev–Trinajstić information content (AvgIpc) is 2.93. The Morgan fingerprint density at radius 1 is 1.26 bits per heavy atom. The fourth-order valence-electron chi connectivity index (χ4n) is 3.33. The first-order chi connectivity index (χ1) is 11.1. The van der Waals surface area contributed by atoms with Crippen molar-refractivity contribution in [2.45, 2.75) is 45.2 Å². The molecule has 1 atom stereocenters. The van der Waals surface area contributed by atoms with Crippen LogP contribution in [0, 0.1) is 0 Å². The van der Waals surface area contributed by atoms with Gasteiger partial charge in [-0.05, 0) is 43.0 Å². The number of hydrogen-bond acceptors (Lipinski definition) is 3. The third-order valence-corrected chi connectivity index (χ3v) is 4.62. The van der Waals surface area contributed by atoms with E-state index in [1.165, 1.54) is 36.2 Å². The van der Waals surface area contributed by atoms with Crippen molar-refractivity contribution in [1.82, 2.24) is 14.7 Å². The molecular formula is C19H28N4. The van der Waals surface area contributed by atoms with Gasteiger partial charge in [-0.2, -0.15) is 5.10 Å². The molecular weight excluding hydrogens is 284 g/mol. The first-order valence-corrected chi connectivity index (χ1v) is 8.66. The molecule has 0 bridgehead atoms. The molecule has 1 N–H and O–H groups in total. The minimum atomic E-state index is 0.533. The van der Waals surface area contributed by atoms with Crippen molar-refractivity contribution in [3.63, 3.8) is 0 Å². The topological polar surface area (TPSA) is 33.1 Å². The fraction of sp³-hybridized carbons (Fsp3) is 0.526. The number of piperidine rings is 1. The number of rotatable bonds is 5. The van der Waals surface area contributed by atoms with E-state index < -0.39 is 0 Å². The maximum Gasteiger partial charge on any atom is 0.0534 e. The number of benzene rings is 1. The van der Waals surface area contributed by atoms with Gasteiger partial charge in [0.2, 0.25) is 0 Å². The number of nitrogens with zero attached hydrogens (tertiary/aromatic N) is 3. The molecule has 0 spiro atoms. The van der Waals surface area contributed by atoms with Crippen LogP contribution in [0.3, 0.4) is 0 Å². The Hall–Kier alpha value is -1.81. The Morgan fingerprint density at radius 3 is 2.70 bits per heavy atom. The van der Waals surface area contributed by atoms with Gasteiger partial charge in [0.15, 0.2) is 0 Å². The summed E-state index contributed by atoms with van der Waals surface area (Å²) in [6.07, 6.45) is 6.58. The SMILES string of the molecule is CC(C)c1ccc(NC2CCCN(Cc3cnn(C)c3)C2)cc1. The molecule has 124 valence electrons. The fourth-order valence-corrected chi connectivity index (χ4v) is 3.33. The molecule has 4 heteroatoms. The zero-order chi connectivity index (χ0) is 16.2. The number of aryl methyl sites for hydroxylation is 1. The molecule has 0 aliphatic carbocycles. The Balaban J connectivity index is 1.55. The third-order valence-electron chi connectivity index (χ3n) is 4.62. The van der Waals surface area contributed by atoms with Gasteiger partial charge in [-0.15, -0.1) is 0 Å². The smallest absolute Gasteiger partial charge is 0.0534 e. The first kappa shape index (κ1) is 16.1. The Morgan fingerprint density at radius 2 is 2.04 bits per heavy atom. The van der Waals surface area contributed by atoms with Crippen molar-refractivity contribution >= 4 is 5.69 Å². The van der Waals surface area contributed by atoms with Gasteiger partial charge < -0.3 is 5.32 Å². The van der Waals surface area contributed by atoms with Crippen molar-refractivity contribution in [1.29, 1.82) is 0 Å². The number of likely N-dealkylation sites (tertiary alicyclic amines) is 1. The molecule has 3 rings (SSSR count). The minimum Gasteiger partial charge on any atom is -0.381 e. The maximum atomic E-state index is 4.27. The van der Waals surface area contributed by atoms with Crippen LogP contribution in [0.1, 0.15) is 43.7 Å². The van der Waals surface area contributed by atoms with E-state index in [1.807, 2.05) is 17.9 Å². The monoisotopic (exact) mass is 312 g/mol. The highest BCUT2D eigenvalue weighted by Gasteiger charge is 2.20. The maximum absolute atomic E-state index is 4.27. The van der Waals surface area contributed by atoms with Crippen molar-refractivity contribution < 1.29 is 0 Å². The second-order valence-corrected chi connectivity index (χ2v) is 7.02. The second kappa shape index (κ2) is 7.18. The minimum absolute atomic E-state index is 0.533. The van der Waals surface area contributed by atoms with Gasteiger partial charge in [-0.25, -0.2) is 0 Å². The van der Waals surface area contributed by atoms with E-state index in [-0.39, 0.29) is 0 Å². The largest absolute Gasteiger partial charge is 0.381 e. The van der Waals surface area contributed by atoms with Gasteiger partial charge >= 0.3 is 0 Å². The molecule has 1 aliphatic heterocycles. The molecule has 1 aliphatic rings. The summed E-state index contributed by atoms with van der Waals surface area (Å²) in [5, 5.41) is 7.97. The highest BCUT2D eigenvalue weighted by molar-refractivity contribution is 5.46. The summed E-state index contributed by atoms with van der Waals surface area (Å²) in [5.41, 5.74) is 3.94. The van der Waals surface area contributed by atoms with Crippen molar-refractivity contribution in [2.24, 2.45) is 7.05 Å². The summed E-state index contributed by atoms with van der Waals surface area (Å²) in [6.45, 7) is 7.75. The lowest BCUT2D eigenvalue weighted by Crippen LogP contribution is -2.41. The lowest BCUT2D eigenvalue weighted by Gasteiger charge is -2.33. The Kier molecular flexibility index (Phi) is 5.01.